The molecular formula is C15H27N5O2S. The molecule has 0 radical (unpaired) electrons. The van der Waals surface area contributed by atoms with Gasteiger partial charge in [-0.2, -0.15) is 4.80 Å². The van der Waals surface area contributed by atoms with Crippen LogP contribution < -0.4 is 5.32 Å². The van der Waals surface area contributed by atoms with Crippen molar-refractivity contribution in [3.05, 3.63) is 0 Å². The quantitative estimate of drug-likeness (QED) is 0.855. The number of anilines is 1. The van der Waals surface area contributed by atoms with E-state index in [1.54, 1.807) is 11.8 Å². The fourth-order valence-electron chi connectivity index (χ4n) is 2.16. The molecule has 1 aliphatic rings. The highest BCUT2D eigenvalue weighted by Gasteiger charge is 2.30. The van der Waals surface area contributed by atoms with Crippen LogP contribution in [-0.2, 0) is 15.1 Å². The Hall–Kier alpha value is -1.15. The topological polar surface area (TPSA) is 81.9 Å². The number of carbonyl (C=O) groups excluding carboxylic acids is 1. The van der Waals surface area contributed by atoms with Crippen LogP contribution in [0.4, 0.5) is 5.95 Å². The molecule has 0 aliphatic carbocycles. The van der Waals surface area contributed by atoms with Gasteiger partial charge in [-0.3, -0.25) is 10.1 Å². The number of tetrazole rings is 1. The van der Waals surface area contributed by atoms with Gasteiger partial charge in [0.15, 0.2) is 0 Å². The Morgan fingerprint density at radius 3 is 2.70 bits per heavy atom. The van der Waals surface area contributed by atoms with Crippen molar-refractivity contribution in [3.63, 3.8) is 0 Å². The predicted octanol–water partition coefficient (Wildman–Crippen LogP) is 2.31. The normalized spacial score (nSPS) is 19.1. The summed E-state index contributed by atoms with van der Waals surface area (Å²) in [4.78, 5) is 13.9. The fraction of sp³-hybridized carbons (Fsp3) is 0.867. The number of rotatable bonds is 6. The largest absolute Gasteiger partial charge is 0.381 e. The molecule has 0 bridgehead atoms. The first-order valence-corrected chi connectivity index (χ1v) is 9.01. The molecule has 1 atom stereocenters. The molecule has 2 rings (SSSR count). The Kier molecular flexibility index (Phi) is 5.67. The summed E-state index contributed by atoms with van der Waals surface area (Å²) in [6.45, 7) is 11.5. The summed E-state index contributed by atoms with van der Waals surface area (Å²) in [6, 6.07) is 0. The van der Waals surface area contributed by atoms with Crippen LogP contribution in [0.5, 0.6) is 0 Å². The Balaban J connectivity index is 1.83. The maximum atomic E-state index is 12.4. The summed E-state index contributed by atoms with van der Waals surface area (Å²) >= 11 is 1.65. The van der Waals surface area contributed by atoms with Crippen molar-refractivity contribution in [2.45, 2.75) is 57.7 Å². The first-order chi connectivity index (χ1) is 10.7. The molecule has 1 fully saturated rings. The molecule has 1 saturated heterocycles. The zero-order chi connectivity index (χ0) is 17.1. The van der Waals surface area contributed by atoms with E-state index >= 15 is 0 Å². The van der Waals surface area contributed by atoms with E-state index in [0.717, 1.165) is 31.8 Å². The number of thioether (sulfide) groups is 1. The Morgan fingerprint density at radius 2 is 2.13 bits per heavy atom. The maximum Gasteiger partial charge on any atom is 0.270 e. The number of aromatic nitrogens is 4. The highest BCUT2D eigenvalue weighted by molar-refractivity contribution is 8.01. The van der Waals surface area contributed by atoms with Crippen LogP contribution in [0.1, 0.15) is 47.5 Å². The third-order valence-corrected chi connectivity index (χ3v) is 5.15. The highest BCUT2D eigenvalue weighted by Crippen LogP contribution is 2.29. The van der Waals surface area contributed by atoms with Crippen LogP contribution >= 0.6 is 11.8 Å². The number of hydrogen-bond acceptors (Lipinski definition) is 6. The number of ether oxygens (including phenoxy) is 1. The minimum Gasteiger partial charge on any atom is -0.381 e. The number of nitrogens with zero attached hydrogens (tertiary/aromatic N) is 4. The van der Waals surface area contributed by atoms with E-state index in [4.69, 9.17) is 4.74 Å². The molecule has 0 saturated carbocycles. The summed E-state index contributed by atoms with van der Waals surface area (Å²) in [5.74, 6) is 1.73. The maximum absolute atomic E-state index is 12.4. The molecule has 1 N–H and O–H groups in total. The van der Waals surface area contributed by atoms with E-state index in [0.29, 0.717) is 5.92 Å². The van der Waals surface area contributed by atoms with Crippen molar-refractivity contribution in [1.82, 2.24) is 20.2 Å². The summed E-state index contributed by atoms with van der Waals surface area (Å²) < 4.78 is 4.85. The first kappa shape index (κ1) is 18.2. The van der Waals surface area contributed by atoms with Crippen molar-refractivity contribution >= 4 is 23.6 Å². The number of nitrogens with one attached hydrogen (secondary N) is 1. The molecule has 1 unspecified atom stereocenters. The standard InChI is InChI=1S/C15H27N5O2S/c1-14(2,3)20-18-13(17-19-20)16-12(21)15(4,5)23-9-7-11-6-8-22-10-11/h11H,6-10H2,1-5H3,(H,16,18,21). The van der Waals surface area contributed by atoms with Gasteiger partial charge in [-0.15, -0.1) is 16.9 Å². The molecule has 0 spiro atoms. The lowest BCUT2D eigenvalue weighted by atomic mass is 10.1. The van der Waals surface area contributed by atoms with Gasteiger partial charge in [-0.25, -0.2) is 0 Å². The fourth-order valence-corrected chi connectivity index (χ4v) is 3.30. The van der Waals surface area contributed by atoms with Gasteiger partial charge in [-0.05, 0) is 64.3 Å². The van der Waals surface area contributed by atoms with Crippen LogP contribution in [0.3, 0.4) is 0 Å². The SMILES string of the molecule is CC(C)(SCCC1CCOC1)C(=O)Nc1nnn(C(C)(C)C)n1. The molecule has 130 valence electrons. The predicted molar refractivity (Wildman–Crippen MR) is 91.5 cm³/mol. The zero-order valence-corrected chi connectivity index (χ0v) is 15.4. The molecule has 1 aromatic rings. The zero-order valence-electron chi connectivity index (χ0n) is 14.6. The second kappa shape index (κ2) is 7.17. The first-order valence-electron chi connectivity index (χ1n) is 8.02. The Labute approximate surface area is 141 Å². The minimum absolute atomic E-state index is 0.0985. The molecule has 1 amide bonds. The average Bonchev–Trinajstić information content (AvgIpc) is 3.08. The van der Waals surface area contributed by atoms with Crippen LogP contribution in [0.25, 0.3) is 0 Å². The van der Waals surface area contributed by atoms with Gasteiger partial charge in [0.2, 0.25) is 5.91 Å². The van der Waals surface area contributed by atoms with Crippen molar-refractivity contribution in [1.29, 1.82) is 0 Å². The third kappa shape index (κ3) is 5.17. The summed E-state index contributed by atoms with van der Waals surface area (Å²) in [6.07, 6.45) is 2.22. The van der Waals surface area contributed by atoms with Gasteiger partial charge in [0.1, 0.15) is 0 Å². The van der Waals surface area contributed by atoms with Crippen molar-refractivity contribution in [2.75, 3.05) is 24.3 Å². The highest BCUT2D eigenvalue weighted by atomic mass is 32.2. The third-order valence-electron chi connectivity index (χ3n) is 3.80. The summed E-state index contributed by atoms with van der Waals surface area (Å²) in [5.41, 5.74) is -0.260. The minimum atomic E-state index is -0.535. The van der Waals surface area contributed by atoms with Gasteiger partial charge in [0, 0.05) is 13.2 Å². The Morgan fingerprint density at radius 1 is 1.39 bits per heavy atom. The van der Waals surface area contributed by atoms with Gasteiger partial charge in [0.25, 0.3) is 5.95 Å². The van der Waals surface area contributed by atoms with Gasteiger partial charge < -0.3 is 4.74 Å². The molecule has 23 heavy (non-hydrogen) atoms. The molecular weight excluding hydrogens is 314 g/mol. The van der Waals surface area contributed by atoms with Crippen molar-refractivity contribution in [3.8, 4) is 0 Å². The molecule has 0 aromatic carbocycles. The second-order valence-electron chi connectivity index (χ2n) is 7.40. The van der Waals surface area contributed by atoms with E-state index < -0.39 is 4.75 Å². The van der Waals surface area contributed by atoms with E-state index in [1.807, 2.05) is 34.6 Å². The van der Waals surface area contributed by atoms with Gasteiger partial charge in [-0.1, -0.05) is 5.10 Å². The number of hydrogen-bond donors (Lipinski definition) is 1. The summed E-state index contributed by atoms with van der Waals surface area (Å²) in [7, 11) is 0. The average molecular weight is 341 g/mol. The van der Waals surface area contributed by atoms with Crippen molar-refractivity contribution in [2.24, 2.45) is 5.92 Å². The van der Waals surface area contributed by atoms with E-state index in [9.17, 15) is 4.79 Å². The van der Waals surface area contributed by atoms with Crippen molar-refractivity contribution < 1.29 is 9.53 Å². The smallest absolute Gasteiger partial charge is 0.270 e. The Bertz CT molecular complexity index is 532. The van der Waals surface area contributed by atoms with Gasteiger partial charge in [0.05, 0.1) is 10.3 Å². The van der Waals surface area contributed by atoms with Crippen LogP contribution in [0, 0.1) is 5.92 Å². The van der Waals surface area contributed by atoms with E-state index in [2.05, 4.69) is 20.7 Å². The number of amides is 1. The molecule has 1 aromatic heterocycles. The van der Waals surface area contributed by atoms with Gasteiger partial charge >= 0.3 is 0 Å². The monoisotopic (exact) mass is 341 g/mol. The lowest BCUT2D eigenvalue weighted by Crippen LogP contribution is -2.35. The molecule has 7 nitrogen and oxygen atoms in total. The second-order valence-corrected chi connectivity index (χ2v) is 9.12. The van der Waals surface area contributed by atoms with Crippen LogP contribution in [0.2, 0.25) is 0 Å². The summed E-state index contributed by atoms with van der Waals surface area (Å²) in [5, 5.41) is 14.9. The lowest BCUT2D eigenvalue weighted by Gasteiger charge is -2.22. The molecule has 2 heterocycles. The van der Waals surface area contributed by atoms with Crippen LogP contribution in [-0.4, -0.2) is 49.8 Å². The molecule has 1 aliphatic heterocycles. The van der Waals surface area contributed by atoms with E-state index in [1.165, 1.54) is 4.80 Å². The van der Waals surface area contributed by atoms with E-state index in [-0.39, 0.29) is 17.4 Å². The van der Waals surface area contributed by atoms with Crippen LogP contribution in [0.15, 0.2) is 0 Å². The lowest BCUT2D eigenvalue weighted by molar-refractivity contribution is -0.117. The number of carbonyl (C=O) groups is 1. The molecule has 8 heteroatoms.